The molecule has 1 N–H and O–H groups in total. The van der Waals surface area contributed by atoms with E-state index in [1.54, 1.807) is 31.5 Å². The number of hydrogen-bond donors (Lipinski definition) is 1. The number of rotatable bonds is 3. The van der Waals surface area contributed by atoms with Crippen molar-refractivity contribution in [1.29, 1.82) is 0 Å². The third kappa shape index (κ3) is 2.02. The zero-order chi connectivity index (χ0) is 11.7. The molecule has 0 saturated heterocycles. The van der Waals surface area contributed by atoms with Crippen LogP contribution in [0.5, 0.6) is 0 Å². The van der Waals surface area contributed by atoms with Gasteiger partial charge < -0.3 is 9.51 Å². The molecule has 0 amide bonds. The lowest BCUT2D eigenvalue weighted by Crippen LogP contribution is -2.13. The highest BCUT2D eigenvalue weighted by Crippen LogP contribution is 2.15. The number of carboxylic acids is 1. The maximum Gasteiger partial charge on any atom is 0.306 e. The van der Waals surface area contributed by atoms with Crippen molar-refractivity contribution in [2.75, 3.05) is 0 Å². The summed E-state index contributed by atoms with van der Waals surface area (Å²) in [5.74, 6) is -1.24. The minimum absolute atomic E-state index is 0.432. The van der Waals surface area contributed by atoms with Crippen LogP contribution >= 0.6 is 11.6 Å². The maximum atomic E-state index is 10.8. The summed E-state index contributed by atoms with van der Waals surface area (Å²) in [7, 11) is 0. The molecule has 0 bridgehead atoms. The maximum absolute atomic E-state index is 10.8. The van der Waals surface area contributed by atoms with Crippen LogP contribution in [-0.2, 0) is 11.2 Å². The number of carboxylic acid groups (broad SMARTS) is 1. The first-order valence-electron chi connectivity index (χ1n) is 4.92. The molecule has 1 atom stereocenters. The van der Waals surface area contributed by atoms with Crippen LogP contribution in [0.3, 0.4) is 0 Å². The van der Waals surface area contributed by atoms with Gasteiger partial charge in [-0.1, -0.05) is 18.5 Å². The first kappa shape index (κ1) is 11.0. The highest BCUT2D eigenvalue weighted by Gasteiger charge is 2.14. The highest BCUT2D eigenvalue weighted by molar-refractivity contribution is 6.30. The van der Waals surface area contributed by atoms with E-state index in [0.717, 1.165) is 11.3 Å². The summed E-state index contributed by atoms with van der Waals surface area (Å²) in [5, 5.41) is 9.46. The molecule has 0 aromatic carbocycles. The zero-order valence-corrected chi connectivity index (χ0v) is 9.48. The molecule has 0 radical (unpaired) electrons. The summed E-state index contributed by atoms with van der Waals surface area (Å²) in [6, 6.07) is 3.56. The monoisotopic (exact) mass is 238 g/mol. The Bertz CT molecular complexity index is 536. The number of hydrogen-bond acceptors (Lipinski definition) is 2. The Morgan fingerprint density at radius 1 is 1.62 bits per heavy atom. The topological polar surface area (TPSA) is 54.6 Å². The molecule has 2 heterocycles. The van der Waals surface area contributed by atoms with E-state index in [4.69, 9.17) is 16.7 Å². The van der Waals surface area contributed by atoms with Crippen LogP contribution in [-0.4, -0.2) is 20.5 Å². The lowest BCUT2D eigenvalue weighted by molar-refractivity contribution is -0.141. The van der Waals surface area contributed by atoms with E-state index in [0.29, 0.717) is 11.4 Å². The summed E-state index contributed by atoms with van der Waals surface area (Å²) in [4.78, 5) is 15.0. The Kier molecular flexibility index (Phi) is 2.83. The molecule has 5 heteroatoms. The Morgan fingerprint density at radius 2 is 2.38 bits per heavy atom. The molecule has 84 valence electrons. The van der Waals surface area contributed by atoms with Gasteiger partial charge in [-0.05, 0) is 12.1 Å². The van der Waals surface area contributed by atoms with Gasteiger partial charge in [0, 0.05) is 24.5 Å². The van der Waals surface area contributed by atoms with E-state index in [1.807, 2.05) is 4.40 Å². The number of nitrogens with zero attached hydrogens (tertiary/aromatic N) is 2. The van der Waals surface area contributed by atoms with Crippen LogP contribution in [0.1, 0.15) is 12.6 Å². The average molecular weight is 239 g/mol. The van der Waals surface area contributed by atoms with Crippen LogP contribution in [0, 0.1) is 5.92 Å². The molecule has 4 nitrogen and oxygen atoms in total. The number of carbonyl (C=O) groups is 1. The number of pyridine rings is 1. The largest absolute Gasteiger partial charge is 0.481 e. The number of aromatic nitrogens is 2. The van der Waals surface area contributed by atoms with E-state index >= 15 is 0 Å². The lowest BCUT2D eigenvalue weighted by atomic mass is 10.1. The van der Waals surface area contributed by atoms with E-state index in [-0.39, 0.29) is 0 Å². The van der Waals surface area contributed by atoms with Gasteiger partial charge in [-0.3, -0.25) is 4.79 Å². The molecule has 0 saturated carbocycles. The SMILES string of the molecule is CC(Cc1cnc2ccc(Cl)cn12)C(=O)O. The predicted molar refractivity (Wildman–Crippen MR) is 60.7 cm³/mol. The summed E-state index contributed by atoms with van der Waals surface area (Å²) >= 11 is 5.88. The smallest absolute Gasteiger partial charge is 0.306 e. The molecular weight excluding hydrogens is 228 g/mol. The standard InChI is InChI=1S/C11H11ClN2O2/c1-7(11(15)16)4-9-5-13-10-3-2-8(12)6-14(9)10/h2-3,5-7H,4H2,1H3,(H,15,16). The van der Waals surface area contributed by atoms with Gasteiger partial charge in [0.2, 0.25) is 0 Å². The van der Waals surface area contributed by atoms with Crippen molar-refractivity contribution < 1.29 is 9.90 Å². The molecule has 2 rings (SSSR count). The fourth-order valence-corrected chi connectivity index (χ4v) is 1.72. The molecule has 0 fully saturated rings. The van der Waals surface area contributed by atoms with Gasteiger partial charge in [-0.15, -0.1) is 0 Å². The van der Waals surface area contributed by atoms with Crippen LogP contribution in [0.2, 0.25) is 5.02 Å². The zero-order valence-electron chi connectivity index (χ0n) is 8.72. The van der Waals surface area contributed by atoms with Crippen molar-refractivity contribution >= 4 is 23.2 Å². The lowest BCUT2D eigenvalue weighted by Gasteiger charge is -2.05. The molecule has 1 unspecified atom stereocenters. The van der Waals surface area contributed by atoms with Gasteiger partial charge in [0.1, 0.15) is 5.65 Å². The van der Waals surface area contributed by atoms with Gasteiger partial charge in [0.05, 0.1) is 10.9 Å². The van der Waals surface area contributed by atoms with Crippen molar-refractivity contribution in [2.45, 2.75) is 13.3 Å². The second kappa shape index (κ2) is 4.14. The van der Waals surface area contributed by atoms with Gasteiger partial charge >= 0.3 is 5.97 Å². The fraction of sp³-hybridized carbons (Fsp3) is 0.273. The van der Waals surface area contributed by atoms with Crippen molar-refractivity contribution in [1.82, 2.24) is 9.38 Å². The molecule has 0 aliphatic heterocycles. The number of fused-ring (bicyclic) bond motifs is 1. The van der Waals surface area contributed by atoms with Crippen molar-refractivity contribution in [3.63, 3.8) is 0 Å². The number of halogens is 1. The van der Waals surface area contributed by atoms with E-state index < -0.39 is 11.9 Å². The molecule has 2 aromatic heterocycles. The van der Waals surface area contributed by atoms with Crippen molar-refractivity contribution in [2.24, 2.45) is 5.92 Å². The summed E-state index contributed by atoms with van der Waals surface area (Å²) in [5.41, 5.74) is 1.63. The summed E-state index contributed by atoms with van der Waals surface area (Å²) < 4.78 is 1.82. The molecule has 16 heavy (non-hydrogen) atoms. The molecule has 0 aliphatic carbocycles. The molecule has 0 spiro atoms. The van der Waals surface area contributed by atoms with Gasteiger partial charge in [0.25, 0.3) is 0 Å². The highest BCUT2D eigenvalue weighted by atomic mass is 35.5. The van der Waals surface area contributed by atoms with E-state index in [1.165, 1.54) is 0 Å². The Hall–Kier alpha value is -1.55. The van der Waals surface area contributed by atoms with Crippen molar-refractivity contribution in [3.05, 3.63) is 35.2 Å². The molecule has 2 aromatic rings. The second-order valence-corrected chi connectivity index (χ2v) is 4.20. The van der Waals surface area contributed by atoms with Crippen LogP contribution in [0.25, 0.3) is 5.65 Å². The van der Waals surface area contributed by atoms with Crippen molar-refractivity contribution in [3.8, 4) is 0 Å². The third-order valence-electron chi connectivity index (χ3n) is 2.48. The second-order valence-electron chi connectivity index (χ2n) is 3.77. The number of aliphatic carboxylic acids is 1. The average Bonchev–Trinajstić information content (AvgIpc) is 2.61. The van der Waals surface area contributed by atoms with Crippen LogP contribution < -0.4 is 0 Å². The van der Waals surface area contributed by atoms with Crippen LogP contribution in [0.4, 0.5) is 0 Å². The Labute approximate surface area is 97.5 Å². The fourth-order valence-electron chi connectivity index (χ4n) is 1.56. The molecule has 0 aliphatic rings. The minimum Gasteiger partial charge on any atom is -0.481 e. The quantitative estimate of drug-likeness (QED) is 0.892. The van der Waals surface area contributed by atoms with E-state index in [9.17, 15) is 4.79 Å². The predicted octanol–water partition coefficient (Wildman–Crippen LogP) is 2.25. The number of imidazole rings is 1. The van der Waals surface area contributed by atoms with E-state index in [2.05, 4.69) is 4.98 Å². The Morgan fingerprint density at radius 3 is 3.06 bits per heavy atom. The summed E-state index contributed by atoms with van der Waals surface area (Å²) in [6.07, 6.45) is 3.87. The summed E-state index contributed by atoms with van der Waals surface area (Å²) in [6.45, 7) is 1.67. The first-order chi connectivity index (χ1) is 7.58. The third-order valence-corrected chi connectivity index (χ3v) is 2.71. The van der Waals surface area contributed by atoms with Gasteiger partial charge in [0.15, 0.2) is 0 Å². The molecular formula is C11H11ClN2O2. The normalized spacial score (nSPS) is 12.9. The Balaban J connectivity index is 2.37. The van der Waals surface area contributed by atoms with Crippen LogP contribution in [0.15, 0.2) is 24.5 Å². The van der Waals surface area contributed by atoms with Gasteiger partial charge in [-0.2, -0.15) is 0 Å². The minimum atomic E-state index is -0.808. The first-order valence-corrected chi connectivity index (χ1v) is 5.30. The van der Waals surface area contributed by atoms with Gasteiger partial charge in [-0.25, -0.2) is 4.98 Å².